The average molecular weight is 300 g/mol. The van der Waals surface area contributed by atoms with E-state index in [0.29, 0.717) is 18.2 Å². The van der Waals surface area contributed by atoms with Crippen LogP contribution in [-0.4, -0.2) is 13.2 Å². The van der Waals surface area contributed by atoms with Crippen LogP contribution in [0.4, 0.5) is 0 Å². The van der Waals surface area contributed by atoms with Crippen molar-refractivity contribution in [3.05, 3.63) is 64.7 Å². The van der Waals surface area contributed by atoms with E-state index in [2.05, 4.69) is 24.1 Å². The summed E-state index contributed by atoms with van der Waals surface area (Å²) in [6.45, 7) is 3.98. The molecule has 0 aliphatic heterocycles. The van der Waals surface area contributed by atoms with Crippen LogP contribution >= 0.6 is 11.6 Å². The van der Waals surface area contributed by atoms with Crippen LogP contribution in [0.15, 0.2) is 48.5 Å². The second-order valence-corrected chi connectivity index (χ2v) is 4.86. The number of nitrogens with one attached hydrogen (secondary N) is 1. The zero-order valence-corrected chi connectivity index (χ0v) is 12.8. The van der Waals surface area contributed by atoms with Crippen molar-refractivity contribution in [2.45, 2.75) is 13.5 Å². The molecular formula is C18H18ClNO. The van der Waals surface area contributed by atoms with E-state index in [0.717, 1.165) is 23.4 Å². The first-order valence-electron chi connectivity index (χ1n) is 6.96. The van der Waals surface area contributed by atoms with E-state index in [1.54, 1.807) is 0 Å². The highest BCUT2D eigenvalue weighted by molar-refractivity contribution is 6.31. The molecule has 0 spiro atoms. The highest BCUT2D eigenvalue weighted by Gasteiger charge is 2.06. The Morgan fingerprint density at radius 1 is 1.10 bits per heavy atom. The van der Waals surface area contributed by atoms with Crippen molar-refractivity contribution < 1.29 is 4.74 Å². The van der Waals surface area contributed by atoms with Gasteiger partial charge in [-0.05, 0) is 30.8 Å². The first-order chi connectivity index (χ1) is 10.3. The molecule has 21 heavy (non-hydrogen) atoms. The first kappa shape index (κ1) is 15.4. The summed E-state index contributed by atoms with van der Waals surface area (Å²) in [6.07, 6.45) is 0. The Bertz CT molecular complexity index is 629. The molecule has 0 aromatic heterocycles. The SMILES string of the molecule is CCNCc1c(Cl)cccc1OCC#Cc1ccccc1. The molecule has 0 aliphatic rings. The van der Waals surface area contributed by atoms with Crippen molar-refractivity contribution in [1.82, 2.24) is 5.32 Å². The highest BCUT2D eigenvalue weighted by Crippen LogP contribution is 2.26. The van der Waals surface area contributed by atoms with E-state index in [-0.39, 0.29) is 0 Å². The standard InChI is InChI=1S/C18H18ClNO/c1-2-20-14-16-17(19)11-6-12-18(16)21-13-7-10-15-8-4-3-5-9-15/h3-6,8-9,11-12,20H,2,13-14H2,1H3. The molecule has 0 atom stereocenters. The molecule has 2 aromatic rings. The van der Waals surface area contributed by atoms with E-state index in [1.165, 1.54) is 0 Å². The third-order valence-corrected chi connectivity index (χ3v) is 3.29. The lowest BCUT2D eigenvalue weighted by molar-refractivity contribution is 0.365. The van der Waals surface area contributed by atoms with Crippen LogP contribution in [0.25, 0.3) is 0 Å². The lowest BCUT2D eigenvalue weighted by Crippen LogP contribution is -2.13. The minimum Gasteiger partial charge on any atom is -0.481 e. The molecule has 0 unspecified atom stereocenters. The van der Waals surface area contributed by atoms with Crippen molar-refractivity contribution in [2.75, 3.05) is 13.2 Å². The normalized spacial score (nSPS) is 9.81. The van der Waals surface area contributed by atoms with Crippen molar-refractivity contribution >= 4 is 11.6 Å². The maximum atomic E-state index is 6.22. The summed E-state index contributed by atoms with van der Waals surface area (Å²) < 4.78 is 5.74. The molecule has 0 aliphatic carbocycles. The van der Waals surface area contributed by atoms with Crippen LogP contribution in [0.3, 0.4) is 0 Å². The lowest BCUT2D eigenvalue weighted by atomic mass is 10.2. The number of benzene rings is 2. The fraction of sp³-hybridized carbons (Fsp3) is 0.222. The van der Waals surface area contributed by atoms with Crippen LogP contribution in [0.1, 0.15) is 18.1 Å². The van der Waals surface area contributed by atoms with E-state index >= 15 is 0 Å². The molecule has 0 saturated heterocycles. The zero-order valence-electron chi connectivity index (χ0n) is 12.0. The quantitative estimate of drug-likeness (QED) is 0.846. The topological polar surface area (TPSA) is 21.3 Å². The van der Waals surface area contributed by atoms with Crippen LogP contribution in [0.5, 0.6) is 5.75 Å². The molecule has 3 heteroatoms. The van der Waals surface area contributed by atoms with Crippen molar-refractivity contribution in [3.8, 4) is 17.6 Å². The Balaban J connectivity index is 2.00. The number of halogens is 1. The molecule has 108 valence electrons. The van der Waals surface area contributed by atoms with Gasteiger partial charge in [0.15, 0.2) is 0 Å². The van der Waals surface area contributed by atoms with Gasteiger partial charge in [0.05, 0.1) is 0 Å². The second kappa shape index (κ2) is 8.36. The van der Waals surface area contributed by atoms with E-state index in [9.17, 15) is 0 Å². The number of hydrogen-bond acceptors (Lipinski definition) is 2. The first-order valence-corrected chi connectivity index (χ1v) is 7.34. The number of hydrogen-bond donors (Lipinski definition) is 1. The minimum atomic E-state index is 0.342. The zero-order chi connectivity index (χ0) is 14.9. The fourth-order valence-electron chi connectivity index (χ4n) is 1.87. The number of ether oxygens (including phenoxy) is 1. The maximum absolute atomic E-state index is 6.22. The molecule has 0 amide bonds. The van der Waals surface area contributed by atoms with Gasteiger partial charge >= 0.3 is 0 Å². The smallest absolute Gasteiger partial charge is 0.149 e. The molecule has 2 aromatic carbocycles. The minimum absolute atomic E-state index is 0.342. The van der Waals surface area contributed by atoms with Gasteiger partial charge < -0.3 is 10.1 Å². The van der Waals surface area contributed by atoms with Gasteiger partial charge in [0, 0.05) is 22.7 Å². The van der Waals surface area contributed by atoms with Crippen LogP contribution in [-0.2, 0) is 6.54 Å². The van der Waals surface area contributed by atoms with Gasteiger partial charge in [-0.1, -0.05) is 54.6 Å². The van der Waals surface area contributed by atoms with Crippen molar-refractivity contribution in [1.29, 1.82) is 0 Å². The molecule has 0 heterocycles. The van der Waals surface area contributed by atoms with Gasteiger partial charge in [-0.15, -0.1) is 0 Å². The molecule has 0 fully saturated rings. The van der Waals surface area contributed by atoms with E-state index in [4.69, 9.17) is 16.3 Å². The van der Waals surface area contributed by atoms with Crippen LogP contribution < -0.4 is 10.1 Å². The molecule has 2 rings (SSSR count). The molecule has 1 N–H and O–H groups in total. The monoisotopic (exact) mass is 299 g/mol. The predicted octanol–water partition coefficient (Wildman–Crippen LogP) is 3.88. The van der Waals surface area contributed by atoms with Gasteiger partial charge in [0.2, 0.25) is 0 Å². The molecule has 0 radical (unpaired) electrons. The third kappa shape index (κ3) is 4.82. The Kier molecular flexibility index (Phi) is 6.15. The summed E-state index contributed by atoms with van der Waals surface area (Å²) in [5.41, 5.74) is 1.96. The Morgan fingerprint density at radius 2 is 1.90 bits per heavy atom. The summed E-state index contributed by atoms with van der Waals surface area (Å²) >= 11 is 6.22. The maximum Gasteiger partial charge on any atom is 0.149 e. The Morgan fingerprint density at radius 3 is 2.67 bits per heavy atom. The largest absolute Gasteiger partial charge is 0.481 e. The summed E-state index contributed by atoms with van der Waals surface area (Å²) in [5.74, 6) is 6.87. The summed E-state index contributed by atoms with van der Waals surface area (Å²) in [5, 5.41) is 3.97. The summed E-state index contributed by atoms with van der Waals surface area (Å²) in [6, 6.07) is 15.5. The van der Waals surface area contributed by atoms with Gasteiger partial charge in [-0.25, -0.2) is 0 Å². The van der Waals surface area contributed by atoms with Crippen LogP contribution in [0, 0.1) is 11.8 Å². The Hall–Kier alpha value is -1.95. The summed E-state index contributed by atoms with van der Waals surface area (Å²) in [4.78, 5) is 0. The van der Waals surface area contributed by atoms with Crippen LogP contribution in [0.2, 0.25) is 5.02 Å². The third-order valence-electron chi connectivity index (χ3n) is 2.93. The van der Waals surface area contributed by atoms with Gasteiger partial charge in [-0.3, -0.25) is 0 Å². The average Bonchev–Trinajstić information content (AvgIpc) is 2.52. The fourth-order valence-corrected chi connectivity index (χ4v) is 2.10. The van der Waals surface area contributed by atoms with E-state index < -0.39 is 0 Å². The molecular weight excluding hydrogens is 282 g/mol. The molecule has 2 nitrogen and oxygen atoms in total. The molecule has 0 bridgehead atoms. The highest BCUT2D eigenvalue weighted by atomic mass is 35.5. The second-order valence-electron chi connectivity index (χ2n) is 4.45. The van der Waals surface area contributed by atoms with Crippen molar-refractivity contribution in [2.24, 2.45) is 0 Å². The van der Waals surface area contributed by atoms with Gasteiger partial charge in [0.25, 0.3) is 0 Å². The van der Waals surface area contributed by atoms with Gasteiger partial charge in [0.1, 0.15) is 12.4 Å². The molecule has 0 saturated carbocycles. The van der Waals surface area contributed by atoms with Gasteiger partial charge in [-0.2, -0.15) is 0 Å². The lowest BCUT2D eigenvalue weighted by Gasteiger charge is -2.11. The predicted molar refractivity (Wildman–Crippen MR) is 87.6 cm³/mol. The summed E-state index contributed by atoms with van der Waals surface area (Å²) in [7, 11) is 0. The number of rotatable bonds is 5. The van der Waals surface area contributed by atoms with Crippen molar-refractivity contribution in [3.63, 3.8) is 0 Å². The Labute approximate surface area is 131 Å². The van der Waals surface area contributed by atoms with E-state index in [1.807, 2.05) is 48.5 Å².